The first-order valence-corrected chi connectivity index (χ1v) is 8.14. The second-order valence-corrected chi connectivity index (χ2v) is 6.63. The predicted molar refractivity (Wildman–Crippen MR) is 81.1 cm³/mol. The molecule has 0 saturated heterocycles. The largest absolute Gasteiger partial charge is 0.396 e. The summed E-state index contributed by atoms with van der Waals surface area (Å²) >= 11 is 0. The summed E-state index contributed by atoms with van der Waals surface area (Å²) in [6.07, 6.45) is 8.18. The van der Waals surface area contributed by atoms with Gasteiger partial charge in [0.1, 0.15) is 0 Å². The van der Waals surface area contributed by atoms with Crippen molar-refractivity contribution in [3.8, 4) is 0 Å². The van der Waals surface area contributed by atoms with Gasteiger partial charge < -0.3 is 5.11 Å². The van der Waals surface area contributed by atoms with E-state index in [1.165, 1.54) is 19.3 Å². The Morgan fingerprint density at radius 2 is 1.95 bits per heavy atom. The van der Waals surface area contributed by atoms with E-state index >= 15 is 0 Å². The van der Waals surface area contributed by atoms with Crippen LogP contribution in [0, 0.1) is 23.0 Å². The second-order valence-electron chi connectivity index (χ2n) is 6.63. The Balaban J connectivity index is 2.01. The molecule has 0 unspecified atom stereocenters. The SMILES string of the molecule is CCCCC1CCC(CO)(Cc2cccc(F)c2F)CC1. The fourth-order valence-electron chi connectivity index (χ4n) is 3.55. The minimum absolute atomic E-state index is 0.0590. The van der Waals surface area contributed by atoms with E-state index in [4.69, 9.17) is 0 Å². The Labute approximate surface area is 126 Å². The molecule has 1 saturated carbocycles. The molecule has 118 valence electrons. The highest BCUT2D eigenvalue weighted by molar-refractivity contribution is 5.20. The smallest absolute Gasteiger partial charge is 0.162 e. The van der Waals surface area contributed by atoms with Gasteiger partial charge in [-0.25, -0.2) is 8.78 Å². The standard InChI is InChI=1S/C18H26F2O/c1-2-3-5-14-8-10-18(13-21,11-9-14)12-15-6-4-7-16(19)17(15)20/h4,6-7,14,21H,2-3,5,8-13H2,1H3. The maximum atomic E-state index is 13.8. The summed E-state index contributed by atoms with van der Waals surface area (Å²) < 4.78 is 27.2. The van der Waals surface area contributed by atoms with Crippen molar-refractivity contribution in [1.29, 1.82) is 0 Å². The van der Waals surface area contributed by atoms with E-state index in [2.05, 4.69) is 6.92 Å². The zero-order chi connectivity index (χ0) is 15.3. The molecular weight excluding hydrogens is 270 g/mol. The van der Waals surface area contributed by atoms with E-state index in [1.807, 2.05) is 0 Å². The molecule has 0 aliphatic heterocycles. The van der Waals surface area contributed by atoms with Crippen LogP contribution < -0.4 is 0 Å². The predicted octanol–water partition coefficient (Wildman–Crippen LogP) is 4.87. The van der Waals surface area contributed by atoms with Crippen molar-refractivity contribution in [1.82, 2.24) is 0 Å². The van der Waals surface area contributed by atoms with Gasteiger partial charge in [-0.15, -0.1) is 0 Å². The fourth-order valence-corrected chi connectivity index (χ4v) is 3.55. The molecule has 1 nitrogen and oxygen atoms in total. The highest BCUT2D eigenvalue weighted by Gasteiger charge is 2.35. The zero-order valence-electron chi connectivity index (χ0n) is 12.9. The summed E-state index contributed by atoms with van der Waals surface area (Å²) in [6.45, 7) is 2.26. The molecule has 1 aliphatic carbocycles. The van der Waals surface area contributed by atoms with Gasteiger partial charge in [0.2, 0.25) is 0 Å². The van der Waals surface area contributed by atoms with E-state index in [0.29, 0.717) is 12.0 Å². The molecule has 1 fully saturated rings. The topological polar surface area (TPSA) is 20.2 Å². The minimum atomic E-state index is -0.794. The summed E-state index contributed by atoms with van der Waals surface area (Å²) in [5, 5.41) is 9.81. The van der Waals surface area contributed by atoms with Crippen molar-refractivity contribution >= 4 is 0 Å². The van der Waals surface area contributed by atoms with Gasteiger partial charge in [0.15, 0.2) is 11.6 Å². The number of halogens is 2. The molecule has 0 spiro atoms. The average Bonchev–Trinajstić information content (AvgIpc) is 2.51. The van der Waals surface area contributed by atoms with E-state index in [0.717, 1.165) is 37.7 Å². The van der Waals surface area contributed by atoms with Gasteiger partial charge in [0.25, 0.3) is 0 Å². The van der Waals surface area contributed by atoms with Crippen molar-refractivity contribution in [3.05, 3.63) is 35.4 Å². The summed E-state index contributed by atoms with van der Waals surface area (Å²) in [6, 6.07) is 4.33. The lowest BCUT2D eigenvalue weighted by Gasteiger charge is -2.39. The summed E-state index contributed by atoms with van der Waals surface area (Å²) in [7, 11) is 0. The monoisotopic (exact) mass is 296 g/mol. The maximum Gasteiger partial charge on any atom is 0.162 e. The first-order chi connectivity index (χ1) is 10.1. The Morgan fingerprint density at radius 3 is 2.57 bits per heavy atom. The third-order valence-corrected chi connectivity index (χ3v) is 5.06. The molecule has 1 aromatic rings. The molecule has 1 N–H and O–H groups in total. The van der Waals surface area contributed by atoms with Crippen LogP contribution in [-0.2, 0) is 6.42 Å². The van der Waals surface area contributed by atoms with Crippen molar-refractivity contribution in [3.63, 3.8) is 0 Å². The molecule has 0 amide bonds. The molecular formula is C18H26F2O. The molecule has 0 bridgehead atoms. The van der Waals surface area contributed by atoms with Crippen molar-refractivity contribution in [2.45, 2.75) is 58.3 Å². The first-order valence-electron chi connectivity index (χ1n) is 8.14. The lowest BCUT2D eigenvalue weighted by atomic mass is 9.67. The number of benzene rings is 1. The number of hydrogen-bond acceptors (Lipinski definition) is 1. The van der Waals surface area contributed by atoms with Crippen LogP contribution in [0.1, 0.15) is 57.4 Å². The molecule has 2 rings (SSSR count). The van der Waals surface area contributed by atoms with Crippen LogP contribution in [-0.4, -0.2) is 11.7 Å². The second kappa shape index (κ2) is 7.35. The molecule has 1 aromatic carbocycles. The lowest BCUT2D eigenvalue weighted by molar-refractivity contribution is 0.0612. The van der Waals surface area contributed by atoms with E-state index in [9.17, 15) is 13.9 Å². The van der Waals surface area contributed by atoms with Crippen LogP contribution in [0.3, 0.4) is 0 Å². The highest BCUT2D eigenvalue weighted by atomic mass is 19.2. The number of rotatable bonds is 6. The van der Waals surface area contributed by atoms with Crippen LogP contribution in [0.5, 0.6) is 0 Å². The Bertz CT molecular complexity index is 451. The molecule has 21 heavy (non-hydrogen) atoms. The van der Waals surface area contributed by atoms with Gasteiger partial charge in [-0.2, -0.15) is 0 Å². The van der Waals surface area contributed by atoms with Gasteiger partial charge in [-0.1, -0.05) is 38.3 Å². The van der Waals surface area contributed by atoms with E-state index < -0.39 is 11.6 Å². The molecule has 0 aromatic heterocycles. The van der Waals surface area contributed by atoms with Gasteiger partial charge in [0, 0.05) is 6.61 Å². The average molecular weight is 296 g/mol. The lowest BCUT2D eigenvalue weighted by Crippen LogP contribution is -2.33. The van der Waals surface area contributed by atoms with E-state index in [1.54, 1.807) is 12.1 Å². The molecule has 0 radical (unpaired) electrons. The molecule has 0 heterocycles. The molecule has 0 atom stereocenters. The summed E-state index contributed by atoms with van der Waals surface area (Å²) in [5.41, 5.74) is 0.133. The normalized spacial score (nSPS) is 26.0. The van der Waals surface area contributed by atoms with Crippen molar-refractivity contribution < 1.29 is 13.9 Å². The maximum absolute atomic E-state index is 13.8. The quantitative estimate of drug-likeness (QED) is 0.794. The van der Waals surface area contributed by atoms with Crippen molar-refractivity contribution in [2.75, 3.05) is 6.61 Å². The summed E-state index contributed by atoms with van der Waals surface area (Å²) in [5.74, 6) is -0.808. The number of unbranched alkanes of at least 4 members (excludes halogenated alkanes) is 1. The zero-order valence-corrected chi connectivity index (χ0v) is 12.9. The fraction of sp³-hybridized carbons (Fsp3) is 0.667. The number of hydrogen-bond donors (Lipinski definition) is 1. The molecule has 3 heteroatoms. The van der Waals surface area contributed by atoms with Crippen molar-refractivity contribution in [2.24, 2.45) is 11.3 Å². The Kier molecular flexibility index (Phi) is 5.74. The Hall–Kier alpha value is -0.960. The third kappa shape index (κ3) is 4.03. The Morgan fingerprint density at radius 1 is 1.24 bits per heavy atom. The van der Waals surface area contributed by atoms with Gasteiger partial charge >= 0.3 is 0 Å². The van der Waals surface area contributed by atoms with E-state index in [-0.39, 0.29) is 12.0 Å². The number of aliphatic hydroxyl groups excluding tert-OH is 1. The number of aliphatic hydroxyl groups is 1. The molecule has 1 aliphatic rings. The van der Waals surface area contributed by atoms with Gasteiger partial charge in [-0.3, -0.25) is 0 Å². The first kappa shape index (κ1) is 16.4. The van der Waals surface area contributed by atoms with Crippen LogP contribution in [0.25, 0.3) is 0 Å². The van der Waals surface area contributed by atoms with Crippen LogP contribution in [0.4, 0.5) is 8.78 Å². The van der Waals surface area contributed by atoms with Gasteiger partial charge in [0.05, 0.1) is 0 Å². The van der Waals surface area contributed by atoms with Crippen LogP contribution in [0.15, 0.2) is 18.2 Å². The van der Waals surface area contributed by atoms with Crippen LogP contribution >= 0.6 is 0 Å². The van der Waals surface area contributed by atoms with Gasteiger partial charge in [-0.05, 0) is 55.1 Å². The van der Waals surface area contributed by atoms with Crippen LogP contribution in [0.2, 0.25) is 0 Å². The minimum Gasteiger partial charge on any atom is -0.396 e. The highest BCUT2D eigenvalue weighted by Crippen LogP contribution is 2.43. The third-order valence-electron chi connectivity index (χ3n) is 5.06. The summed E-state index contributed by atoms with van der Waals surface area (Å²) in [4.78, 5) is 0.